The summed E-state index contributed by atoms with van der Waals surface area (Å²) in [5, 5.41) is 20.2. The van der Waals surface area contributed by atoms with E-state index < -0.39 is 0 Å². The van der Waals surface area contributed by atoms with Crippen molar-refractivity contribution >= 4 is 11.8 Å². The molecule has 0 radical (unpaired) electrons. The van der Waals surface area contributed by atoms with Crippen molar-refractivity contribution in [2.75, 3.05) is 5.75 Å². The molecule has 182 valence electrons. The highest BCUT2D eigenvalue weighted by Gasteiger charge is 2.09. The van der Waals surface area contributed by atoms with Gasteiger partial charge >= 0.3 is 0 Å². The molecule has 1 rings (SSSR count). The van der Waals surface area contributed by atoms with Gasteiger partial charge in [-0.2, -0.15) is 11.8 Å². The monoisotopic (exact) mass is 453 g/mol. The smallest absolute Gasteiger partial charge is 0.193 e. The standard InChI is InChI=1S/C27H51NO2S/c1-3-5-7-8-9-10-11-12-13-14-16-20-25(19-6-4-2)31-24-18-15-17-23-28-26(29)21-22-27(28)30/h21-22,25,29-30H,3-20,23-24H2,1-2H3. The van der Waals surface area contributed by atoms with Crippen LogP contribution in [0.4, 0.5) is 0 Å². The number of thioether (sulfide) groups is 1. The Morgan fingerprint density at radius 2 is 1.13 bits per heavy atom. The lowest BCUT2D eigenvalue weighted by atomic mass is 10.0. The first-order chi connectivity index (χ1) is 15.2. The second-order valence-electron chi connectivity index (χ2n) is 9.22. The van der Waals surface area contributed by atoms with E-state index in [0.717, 1.165) is 18.1 Å². The number of hydrogen-bond acceptors (Lipinski definition) is 3. The highest BCUT2D eigenvalue weighted by atomic mass is 32.2. The molecule has 0 aliphatic carbocycles. The van der Waals surface area contributed by atoms with Gasteiger partial charge in [-0.15, -0.1) is 0 Å². The molecule has 3 nitrogen and oxygen atoms in total. The fourth-order valence-corrected chi connectivity index (χ4v) is 5.62. The first-order valence-corrected chi connectivity index (χ1v) is 14.4. The van der Waals surface area contributed by atoms with Crippen molar-refractivity contribution in [1.82, 2.24) is 4.57 Å². The topological polar surface area (TPSA) is 45.4 Å². The van der Waals surface area contributed by atoms with Gasteiger partial charge in [0.1, 0.15) is 0 Å². The van der Waals surface area contributed by atoms with Gasteiger partial charge in [0.2, 0.25) is 0 Å². The lowest BCUT2D eigenvalue weighted by Gasteiger charge is -2.16. The predicted molar refractivity (Wildman–Crippen MR) is 138 cm³/mol. The number of hydrogen-bond donors (Lipinski definition) is 2. The SMILES string of the molecule is CCCCCCCCCCCCCC(CCCC)SCCCCCn1c(O)ccc1O. The van der Waals surface area contributed by atoms with E-state index in [-0.39, 0.29) is 11.8 Å². The Balaban J connectivity index is 2.01. The van der Waals surface area contributed by atoms with E-state index in [0.29, 0.717) is 6.54 Å². The molecule has 1 atom stereocenters. The molecule has 0 spiro atoms. The summed E-state index contributed by atoms with van der Waals surface area (Å²) in [5.41, 5.74) is 0. The van der Waals surface area contributed by atoms with Gasteiger partial charge in [-0.3, -0.25) is 4.57 Å². The minimum absolute atomic E-state index is 0.165. The molecule has 0 saturated carbocycles. The van der Waals surface area contributed by atoms with E-state index in [2.05, 4.69) is 25.6 Å². The van der Waals surface area contributed by atoms with Crippen molar-refractivity contribution in [3.63, 3.8) is 0 Å². The molecule has 4 heteroatoms. The summed E-state index contributed by atoms with van der Waals surface area (Å²) in [6, 6.07) is 3.11. The molecule has 0 saturated heterocycles. The van der Waals surface area contributed by atoms with E-state index in [1.54, 1.807) is 16.7 Å². The molecule has 1 heterocycles. The lowest BCUT2D eigenvalue weighted by Crippen LogP contribution is -2.04. The van der Waals surface area contributed by atoms with Gasteiger partial charge in [-0.25, -0.2) is 0 Å². The van der Waals surface area contributed by atoms with Gasteiger partial charge in [0.05, 0.1) is 0 Å². The Bertz CT molecular complexity index is 498. The minimum Gasteiger partial charge on any atom is -0.494 e. The van der Waals surface area contributed by atoms with E-state index in [9.17, 15) is 10.2 Å². The zero-order valence-corrected chi connectivity index (χ0v) is 21.4. The van der Waals surface area contributed by atoms with Crippen LogP contribution in [-0.2, 0) is 6.54 Å². The summed E-state index contributed by atoms with van der Waals surface area (Å²) in [6.45, 7) is 5.29. The van der Waals surface area contributed by atoms with Crippen LogP contribution in [-0.4, -0.2) is 25.8 Å². The first-order valence-electron chi connectivity index (χ1n) is 13.4. The number of aromatic hydroxyl groups is 2. The molecule has 0 amide bonds. The third-order valence-electron chi connectivity index (χ3n) is 6.32. The van der Waals surface area contributed by atoms with Crippen LogP contribution in [0.5, 0.6) is 11.8 Å². The number of unbranched alkanes of at least 4 members (excludes halogenated alkanes) is 13. The fourth-order valence-electron chi connectivity index (χ4n) is 4.25. The number of rotatable bonds is 22. The predicted octanol–water partition coefficient (Wildman–Crippen LogP) is 9.06. The number of aromatic nitrogens is 1. The van der Waals surface area contributed by atoms with Gasteiger partial charge in [0, 0.05) is 23.9 Å². The van der Waals surface area contributed by atoms with Crippen LogP contribution in [0.2, 0.25) is 0 Å². The van der Waals surface area contributed by atoms with Gasteiger partial charge in [-0.05, 0) is 31.4 Å². The fraction of sp³-hybridized carbons (Fsp3) is 0.852. The number of nitrogens with zero attached hydrogens (tertiary/aromatic N) is 1. The van der Waals surface area contributed by atoms with Crippen molar-refractivity contribution in [3.05, 3.63) is 12.1 Å². The molecule has 0 fully saturated rings. The summed E-state index contributed by atoms with van der Waals surface area (Å²) in [5.74, 6) is 1.58. The van der Waals surface area contributed by atoms with E-state index >= 15 is 0 Å². The van der Waals surface area contributed by atoms with Crippen LogP contribution in [0.25, 0.3) is 0 Å². The summed E-state index contributed by atoms with van der Waals surface area (Å²) < 4.78 is 1.59. The van der Waals surface area contributed by atoms with Crippen molar-refractivity contribution in [2.45, 2.75) is 141 Å². The van der Waals surface area contributed by atoms with Gasteiger partial charge in [0.15, 0.2) is 11.8 Å². The van der Waals surface area contributed by atoms with Crippen molar-refractivity contribution in [2.24, 2.45) is 0 Å². The quantitative estimate of drug-likeness (QED) is 0.172. The van der Waals surface area contributed by atoms with Gasteiger partial charge in [0.25, 0.3) is 0 Å². The highest BCUT2D eigenvalue weighted by Crippen LogP contribution is 2.26. The minimum atomic E-state index is 0.165. The maximum Gasteiger partial charge on any atom is 0.193 e. The van der Waals surface area contributed by atoms with Crippen LogP contribution < -0.4 is 0 Å². The van der Waals surface area contributed by atoms with Crippen LogP contribution in [0.1, 0.15) is 129 Å². The molecular formula is C27H51NO2S. The zero-order valence-electron chi connectivity index (χ0n) is 20.6. The maximum atomic E-state index is 9.69. The van der Waals surface area contributed by atoms with Gasteiger partial charge < -0.3 is 10.2 Å². The lowest BCUT2D eigenvalue weighted by molar-refractivity contribution is 0.362. The third kappa shape index (κ3) is 14.8. The summed E-state index contributed by atoms with van der Waals surface area (Å²) in [7, 11) is 0. The Labute approximate surface area is 197 Å². The van der Waals surface area contributed by atoms with E-state index in [4.69, 9.17) is 0 Å². The molecule has 1 unspecified atom stereocenters. The highest BCUT2D eigenvalue weighted by molar-refractivity contribution is 7.99. The van der Waals surface area contributed by atoms with Crippen LogP contribution >= 0.6 is 11.8 Å². The molecule has 1 aromatic heterocycles. The maximum absolute atomic E-state index is 9.69. The largest absolute Gasteiger partial charge is 0.494 e. The third-order valence-corrected chi connectivity index (χ3v) is 7.79. The van der Waals surface area contributed by atoms with Crippen molar-refractivity contribution in [3.8, 4) is 11.8 Å². The van der Waals surface area contributed by atoms with Crippen molar-refractivity contribution < 1.29 is 10.2 Å². The Kier molecular flexibility index (Phi) is 18.1. The summed E-state index contributed by atoms with van der Waals surface area (Å²) in [6.07, 6.45) is 24.5. The molecular weight excluding hydrogens is 402 g/mol. The second kappa shape index (κ2) is 19.9. The Morgan fingerprint density at radius 3 is 1.71 bits per heavy atom. The second-order valence-corrected chi connectivity index (χ2v) is 10.6. The molecule has 0 aliphatic rings. The molecule has 31 heavy (non-hydrogen) atoms. The molecule has 0 aromatic carbocycles. The summed E-state index contributed by atoms with van der Waals surface area (Å²) >= 11 is 2.19. The first kappa shape index (κ1) is 28.3. The van der Waals surface area contributed by atoms with E-state index in [1.807, 2.05) is 0 Å². The van der Waals surface area contributed by atoms with Gasteiger partial charge in [-0.1, -0.05) is 104 Å². The molecule has 2 N–H and O–H groups in total. The zero-order chi connectivity index (χ0) is 22.6. The molecule has 0 bridgehead atoms. The summed E-state index contributed by atoms with van der Waals surface area (Å²) in [4.78, 5) is 0. The molecule has 1 aromatic rings. The average Bonchev–Trinajstić information content (AvgIpc) is 3.09. The van der Waals surface area contributed by atoms with Crippen LogP contribution in [0.15, 0.2) is 12.1 Å². The van der Waals surface area contributed by atoms with Crippen LogP contribution in [0, 0.1) is 0 Å². The molecule has 0 aliphatic heterocycles. The van der Waals surface area contributed by atoms with Crippen LogP contribution in [0.3, 0.4) is 0 Å². The van der Waals surface area contributed by atoms with Crippen molar-refractivity contribution in [1.29, 1.82) is 0 Å². The average molecular weight is 454 g/mol. The van der Waals surface area contributed by atoms with E-state index in [1.165, 1.54) is 108 Å². The Morgan fingerprint density at radius 1 is 0.645 bits per heavy atom. The normalized spacial score (nSPS) is 12.5. The Hall–Kier alpha value is -0.770.